The smallest absolute Gasteiger partial charge is 0.350 e. The first kappa shape index (κ1) is 35.6. The standard InChI is InChI=1S/C16H23ClN2O3S.C14H21ClN2O2S/c1-10-13(17)14(15(23-10)16(21)22-4)19(11(2)20)9-12-5-7-18(3)8-6-12;1-9-11(15)12(13(20-9)14(18)19-3)16-8-10-4-6-17(2)7-5-10/h12H,5-9H2,1-4H3;10,16H,4-8H2,1-3H3. The first-order chi connectivity index (χ1) is 20.4. The average Bonchev–Trinajstić information content (AvgIpc) is 3.45. The molecule has 0 radical (unpaired) electrons. The predicted molar refractivity (Wildman–Crippen MR) is 178 cm³/mol. The third-order valence-electron chi connectivity index (χ3n) is 8.07. The van der Waals surface area contributed by atoms with Crippen LogP contribution in [0.4, 0.5) is 11.4 Å². The zero-order valence-corrected chi connectivity index (χ0v) is 29.3. The van der Waals surface area contributed by atoms with Crippen molar-refractivity contribution in [3.05, 3.63) is 29.6 Å². The van der Waals surface area contributed by atoms with Crippen LogP contribution in [-0.2, 0) is 14.3 Å². The van der Waals surface area contributed by atoms with Gasteiger partial charge in [-0.2, -0.15) is 0 Å². The number of nitrogens with zero attached hydrogens (tertiary/aromatic N) is 3. The fourth-order valence-corrected chi connectivity index (χ4v) is 7.91. The van der Waals surface area contributed by atoms with Crippen LogP contribution in [0.5, 0.6) is 0 Å². The van der Waals surface area contributed by atoms with Crippen molar-refractivity contribution in [2.24, 2.45) is 11.8 Å². The summed E-state index contributed by atoms with van der Waals surface area (Å²) >= 11 is 15.3. The molecule has 2 aromatic rings. The van der Waals surface area contributed by atoms with Gasteiger partial charge >= 0.3 is 11.9 Å². The zero-order chi connectivity index (χ0) is 31.8. The molecule has 0 saturated carbocycles. The van der Waals surface area contributed by atoms with Gasteiger partial charge in [0.2, 0.25) is 5.91 Å². The van der Waals surface area contributed by atoms with E-state index in [9.17, 15) is 14.4 Å². The van der Waals surface area contributed by atoms with Crippen LogP contribution in [0, 0.1) is 25.7 Å². The van der Waals surface area contributed by atoms with E-state index < -0.39 is 5.97 Å². The minimum absolute atomic E-state index is 0.103. The Hall–Kier alpha value is -1.89. The van der Waals surface area contributed by atoms with E-state index in [-0.39, 0.29) is 11.9 Å². The van der Waals surface area contributed by atoms with Crippen LogP contribution < -0.4 is 10.2 Å². The SMILES string of the molecule is COC(=O)c1sc(C)c(Cl)c1N(CC1CCN(C)CC1)C(C)=O.COC(=O)c1sc(C)c(Cl)c1NCC1CCN(C)CC1. The van der Waals surface area contributed by atoms with Gasteiger partial charge in [-0.25, -0.2) is 9.59 Å². The predicted octanol–water partition coefficient (Wildman–Crippen LogP) is 6.44. The normalized spacial score (nSPS) is 16.8. The molecule has 0 aromatic carbocycles. The van der Waals surface area contributed by atoms with Crippen LogP contribution in [-0.4, -0.2) is 95.2 Å². The number of halogens is 2. The minimum atomic E-state index is -0.449. The summed E-state index contributed by atoms with van der Waals surface area (Å²) in [5, 5.41) is 4.47. The number of hydrogen-bond donors (Lipinski definition) is 1. The molecule has 240 valence electrons. The Morgan fingerprint density at radius 3 is 1.81 bits per heavy atom. The summed E-state index contributed by atoms with van der Waals surface area (Å²) in [6, 6.07) is 0. The summed E-state index contributed by atoms with van der Waals surface area (Å²) in [6.07, 6.45) is 4.43. The molecular weight excluding hydrogens is 631 g/mol. The second-order valence-electron chi connectivity index (χ2n) is 11.3. The van der Waals surface area contributed by atoms with Crippen molar-refractivity contribution < 1.29 is 23.9 Å². The summed E-state index contributed by atoms with van der Waals surface area (Å²) in [5.41, 5.74) is 1.24. The highest BCUT2D eigenvalue weighted by atomic mass is 35.5. The third kappa shape index (κ3) is 9.31. The van der Waals surface area contributed by atoms with Crippen molar-refractivity contribution in [2.45, 2.75) is 46.5 Å². The van der Waals surface area contributed by atoms with Crippen molar-refractivity contribution in [1.29, 1.82) is 0 Å². The van der Waals surface area contributed by atoms with E-state index in [1.807, 2.05) is 13.8 Å². The van der Waals surface area contributed by atoms with Gasteiger partial charge in [-0.1, -0.05) is 23.2 Å². The van der Waals surface area contributed by atoms with Crippen LogP contribution >= 0.6 is 45.9 Å². The number of ether oxygens (including phenoxy) is 2. The molecule has 0 atom stereocenters. The van der Waals surface area contributed by atoms with Gasteiger partial charge in [0.05, 0.1) is 35.6 Å². The highest BCUT2D eigenvalue weighted by Crippen LogP contribution is 2.41. The maximum absolute atomic E-state index is 12.2. The molecule has 2 aliphatic rings. The van der Waals surface area contributed by atoms with Crippen molar-refractivity contribution in [3.63, 3.8) is 0 Å². The lowest BCUT2D eigenvalue weighted by Gasteiger charge is -2.33. The van der Waals surface area contributed by atoms with Crippen molar-refractivity contribution >= 4 is 75.1 Å². The number of piperidine rings is 2. The number of rotatable bonds is 8. The molecular formula is C30H44Cl2N4O5S2. The monoisotopic (exact) mass is 674 g/mol. The van der Waals surface area contributed by atoms with Crippen molar-refractivity contribution in [2.75, 3.05) is 77.8 Å². The van der Waals surface area contributed by atoms with E-state index in [1.54, 1.807) is 4.90 Å². The molecule has 2 aliphatic heterocycles. The highest BCUT2D eigenvalue weighted by Gasteiger charge is 2.30. The number of thiophene rings is 2. The topological polar surface area (TPSA) is 91.4 Å². The number of esters is 2. The second-order valence-corrected chi connectivity index (χ2v) is 14.5. The Morgan fingerprint density at radius 1 is 0.837 bits per heavy atom. The minimum Gasteiger partial charge on any atom is -0.465 e. The van der Waals surface area contributed by atoms with E-state index in [2.05, 4.69) is 29.2 Å². The van der Waals surface area contributed by atoms with Gasteiger partial charge in [0.1, 0.15) is 9.75 Å². The van der Waals surface area contributed by atoms with Gasteiger partial charge in [0.15, 0.2) is 0 Å². The van der Waals surface area contributed by atoms with E-state index in [0.717, 1.165) is 61.0 Å². The molecule has 2 aromatic heterocycles. The van der Waals surface area contributed by atoms with Gasteiger partial charge in [0.25, 0.3) is 0 Å². The molecule has 1 amide bonds. The average molecular weight is 676 g/mol. The summed E-state index contributed by atoms with van der Waals surface area (Å²) in [6.45, 7) is 11.0. The molecule has 13 heteroatoms. The number of carbonyl (C=O) groups excluding carboxylic acids is 3. The first-order valence-corrected chi connectivity index (χ1v) is 16.9. The van der Waals surface area contributed by atoms with Gasteiger partial charge in [-0.05, 0) is 91.6 Å². The van der Waals surface area contributed by atoms with E-state index in [4.69, 9.17) is 32.7 Å². The lowest BCUT2D eigenvalue weighted by atomic mass is 9.96. The second kappa shape index (κ2) is 16.4. The molecule has 1 N–H and O–H groups in total. The molecule has 0 spiro atoms. The summed E-state index contributed by atoms with van der Waals surface area (Å²) < 4.78 is 9.66. The number of aryl methyl sites for hydroxylation is 2. The number of hydrogen-bond acceptors (Lipinski definition) is 10. The van der Waals surface area contributed by atoms with Crippen molar-refractivity contribution in [3.8, 4) is 0 Å². The molecule has 4 heterocycles. The third-order valence-corrected chi connectivity index (χ3v) is 11.4. The van der Waals surface area contributed by atoms with Crippen LogP contribution in [0.15, 0.2) is 0 Å². The Labute approximate surface area is 273 Å². The fraction of sp³-hybridized carbons (Fsp3) is 0.633. The lowest BCUT2D eigenvalue weighted by molar-refractivity contribution is -0.116. The Bertz CT molecular complexity index is 1270. The summed E-state index contributed by atoms with van der Waals surface area (Å²) in [7, 11) is 6.99. The van der Waals surface area contributed by atoms with Gasteiger partial charge < -0.3 is 29.5 Å². The molecule has 9 nitrogen and oxygen atoms in total. The molecule has 2 saturated heterocycles. The Kier molecular flexibility index (Phi) is 13.6. The maximum atomic E-state index is 12.2. The Morgan fingerprint density at radius 2 is 1.30 bits per heavy atom. The molecule has 0 aliphatic carbocycles. The largest absolute Gasteiger partial charge is 0.465 e. The van der Waals surface area contributed by atoms with Crippen LogP contribution in [0.1, 0.15) is 61.7 Å². The number of amides is 1. The number of likely N-dealkylation sites (tertiary alicyclic amines) is 2. The van der Waals surface area contributed by atoms with Gasteiger partial charge in [-0.15, -0.1) is 22.7 Å². The quantitative estimate of drug-likeness (QED) is 0.320. The van der Waals surface area contributed by atoms with Crippen LogP contribution in [0.3, 0.4) is 0 Å². The van der Waals surface area contributed by atoms with Crippen LogP contribution in [0.2, 0.25) is 10.0 Å². The van der Waals surface area contributed by atoms with Gasteiger partial charge in [-0.3, -0.25) is 4.79 Å². The Balaban J connectivity index is 0.000000238. The van der Waals surface area contributed by atoms with E-state index in [0.29, 0.717) is 43.9 Å². The van der Waals surface area contributed by atoms with E-state index >= 15 is 0 Å². The molecule has 0 bridgehead atoms. The lowest BCUT2D eigenvalue weighted by Crippen LogP contribution is -2.39. The number of methoxy groups -OCH3 is 2. The molecule has 4 rings (SSSR count). The molecule has 0 unspecified atom stereocenters. The molecule has 2 fully saturated rings. The molecule has 43 heavy (non-hydrogen) atoms. The first-order valence-electron chi connectivity index (χ1n) is 14.5. The van der Waals surface area contributed by atoms with E-state index in [1.165, 1.54) is 56.7 Å². The summed E-state index contributed by atoms with van der Waals surface area (Å²) in [4.78, 5) is 45.1. The maximum Gasteiger partial charge on any atom is 0.350 e. The van der Waals surface area contributed by atoms with Crippen LogP contribution in [0.25, 0.3) is 0 Å². The number of anilines is 2. The summed E-state index contributed by atoms with van der Waals surface area (Å²) in [5.74, 6) is 0.170. The number of nitrogens with one attached hydrogen (secondary N) is 1. The van der Waals surface area contributed by atoms with Crippen molar-refractivity contribution in [1.82, 2.24) is 9.80 Å². The zero-order valence-electron chi connectivity index (χ0n) is 26.2. The highest BCUT2D eigenvalue weighted by molar-refractivity contribution is 7.15. The fourth-order valence-electron chi connectivity index (χ4n) is 5.30. The van der Waals surface area contributed by atoms with Gasteiger partial charge in [0, 0.05) is 29.8 Å². The number of carbonyl (C=O) groups is 3.